The molecule has 0 aliphatic carbocycles. The van der Waals surface area contributed by atoms with Crippen molar-refractivity contribution in [3.05, 3.63) is 87.1 Å². The first kappa shape index (κ1) is 22.3. The fourth-order valence-corrected chi connectivity index (χ4v) is 4.07. The summed E-state index contributed by atoms with van der Waals surface area (Å²) in [7, 11) is 1.47. The molecule has 0 saturated carbocycles. The van der Waals surface area contributed by atoms with Gasteiger partial charge in [0.05, 0.1) is 25.3 Å². The minimum atomic E-state index is -0.553. The maximum atomic E-state index is 13.0. The van der Waals surface area contributed by atoms with Crippen LogP contribution in [-0.4, -0.2) is 30.4 Å². The Morgan fingerprint density at radius 1 is 1.26 bits per heavy atom. The Bertz CT molecular complexity index is 1110. The van der Waals surface area contributed by atoms with E-state index in [0.29, 0.717) is 17.0 Å². The quantitative estimate of drug-likeness (QED) is 0.321. The van der Waals surface area contributed by atoms with Crippen molar-refractivity contribution in [1.29, 1.82) is 0 Å². The van der Waals surface area contributed by atoms with E-state index in [2.05, 4.69) is 5.32 Å². The third kappa shape index (κ3) is 5.02. The standard InChI is InChI=1S/C24H25N3O3S/c1-15-12-13-31-21(15)11-10-19(26)22-18(25)9-8-17(23(22)30-2)24(29)27-20(14-28)16-6-4-3-5-7-16/h3-13,20,26,28H,14,25H2,1-2H3,(H,27,29)/p+1/b11-10+,26-19?/t20-/m1/s1. The molecule has 7 heteroatoms. The number of rotatable bonds is 8. The van der Waals surface area contributed by atoms with Gasteiger partial charge in [0.1, 0.15) is 11.3 Å². The van der Waals surface area contributed by atoms with Crippen LogP contribution in [0.3, 0.4) is 0 Å². The summed E-state index contributed by atoms with van der Waals surface area (Å²) in [5.41, 5.74) is 9.66. The Labute approximate surface area is 185 Å². The van der Waals surface area contributed by atoms with E-state index >= 15 is 0 Å². The minimum Gasteiger partial charge on any atom is -0.495 e. The van der Waals surface area contributed by atoms with Crippen molar-refractivity contribution in [2.75, 3.05) is 19.5 Å². The highest BCUT2D eigenvalue weighted by Gasteiger charge is 2.24. The number of allylic oxidation sites excluding steroid dienone is 1. The molecule has 0 saturated heterocycles. The monoisotopic (exact) mass is 436 g/mol. The molecule has 6 nitrogen and oxygen atoms in total. The van der Waals surface area contributed by atoms with E-state index in [-0.39, 0.29) is 17.9 Å². The number of amides is 1. The van der Waals surface area contributed by atoms with Crippen LogP contribution < -0.4 is 21.2 Å². The van der Waals surface area contributed by atoms with E-state index in [1.54, 1.807) is 29.5 Å². The van der Waals surface area contributed by atoms with Gasteiger partial charge in [0, 0.05) is 16.6 Å². The highest BCUT2D eigenvalue weighted by atomic mass is 32.1. The van der Waals surface area contributed by atoms with Crippen molar-refractivity contribution in [2.24, 2.45) is 0 Å². The molecule has 0 aliphatic heterocycles. The first-order valence-corrected chi connectivity index (χ1v) is 10.6. The zero-order valence-corrected chi connectivity index (χ0v) is 18.3. The van der Waals surface area contributed by atoms with Gasteiger partial charge in [0.25, 0.3) is 5.91 Å². The number of aliphatic hydroxyl groups excluding tert-OH is 1. The number of nitrogen functional groups attached to an aromatic ring is 1. The number of aliphatic hydroxyl groups is 1. The highest BCUT2D eigenvalue weighted by Crippen LogP contribution is 2.30. The number of hydrogen-bond donors (Lipinski definition) is 4. The van der Waals surface area contributed by atoms with E-state index in [9.17, 15) is 9.90 Å². The third-order valence-corrected chi connectivity index (χ3v) is 5.92. The summed E-state index contributed by atoms with van der Waals surface area (Å²) >= 11 is 1.61. The van der Waals surface area contributed by atoms with E-state index in [1.165, 1.54) is 7.11 Å². The number of methoxy groups -OCH3 is 1. The van der Waals surface area contributed by atoms with Crippen molar-refractivity contribution in [1.82, 2.24) is 5.32 Å². The molecule has 1 aromatic heterocycles. The molecule has 0 fully saturated rings. The zero-order valence-electron chi connectivity index (χ0n) is 17.5. The molecule has 6 N–H and O–H groups in total. The maximum Gasteiger partial charge on any atom is 0.255 e. The van der Waals surface area contributed by atoms with E-state index < -0.39 is 11.9 Å². The average Bonchev–Trinajstić information content (AvgIpc) is 3.20. The Morgan fingerprint density at radius 3 is 2.61 bits per heavy atom. The van der Waals surface area contributed by atoms with Crippen molar-refractivity contribution >= 4 is 34.7 Å². The Balaban J connectivity index is 1.91. The summed E-state index contributed by atoms with van der Waals surface area (Å²) in [6.45, 7) is 1.79. The van der Waals surface area contributed by atoms with Crippen molar-refractivity contribution in [3.63, 3.8) is 0 Å². The van der Waals surface area contributed by atoms with Crippen LogP contribution in [0.25, 0.3) is 6.08 Å². The maximum absolute atomic E-state index is 13.0. The van der Waals surface area contributed by atoms with Crippen molar-refractivity contribution in [3.8, 4) is 5.75 Å². The van der Waals surface area contributed by atoms with Gasteiger partial charge in [-0.3, -0.25) is 10.2 Å². The van der Waals surface area contributed by atoms with Crippen LogP contribution in [-0.2, 0) is 0 Å². The Hall–Kier alpha value is -3.42. The third-order valence-electron chi connectivity index (χ3n) is 4.93. The number of aryl methyl sites for hydroxylation is 1. The molecule has 3 aromatic rings. The van der Waals surface area contributed by atoms with Gasteiger partial charge in [0.15, 0.2) is 0 Å². The molecule has 1 atom stereocenters. The lowest BCUT2D eigenvalue weighted by Crippen LogP contribution is -2.40. The topological polar surface area (TPSA) is 110 Å². The Kier molecular flexibility index (Phi) is 7.23. The van der Waals surface area contributed by atoms with Gasteiger partial charge >= 0.3 is 0 Å². The molecule has 0 spiro atoms. The molecular weight excluding hydrogens is 410 g/mol. The molecule has 1 heterocycles. The molecule has 0 bridgehead atoms. The molecule has 0 unspecified atom stereocenters. The predicted octanol–water partition coefficient (Wildman–Crippen LogP) is 2.37. The molecule has 3 rings (SSSR count). The van der Waals surface area contributed by atoms with Gasteiger partial charge in [-0.2, -0.15) is 0 Å². The summed E-state index contributed by atoms with van der Waals surface area (Å²) in [6, 6.07) is 14.0. The summed E-state index contributed by atoms with van der Waals surface area (Å²) in [4.78, 5) is 14.1. The lowest BCUT2D eigenvalue weighted by Gasteiger charge is -2.19. The van der Waals surface area contributed by atoms with Gasteiger partial charge in [-0.25, -0.2) is 0 Å². The van der Waals surface area contributed by atoms with Crippen LogP contribution in [0.15, 0.2) is 60.0 Å². The molecular formula is C24H26N3O3S+. The molecule has 1 amide bonds. The first-order chi connectivity index (χ1) is 15.0. The second kappa shape index (κ2) is 10.1. The van der Waals surface area contributed by atoms with E-state index in [0.717, 1.165) is 16.0 Å². The summed E-state index contributed by atoms with van der Waals surface area (Å²) in [5, 5.41) is 21.0. The van der Waals surface area contributed by atoms with E-state index in [1.807, 2.05) is 54.8 Å². The van der Waals surface area contributed by atoms with Crippen LogP contribution in [0.4, 0.5) is 5.69 Å². The number of carbonyl (C=O) groups is 1. The zero-order chi connectivity index (χ0) is 22.4. The van der Waals surface area contributed by atoms with Crippen LogP contribution in [0.5, 0.6) is 5.75 Å². The molecule has 0 aliphatic rings. The van der Waals surface area contributed by atoms with Crippen molar-refractivity contribution in [2.45, 2.75) is 13.0 Å². The number of benzene rings is 2. The lowest BCUT2D eigenvalue weighted by atomic mass is 10.00. The van der Waals surface area contributed by atoms with Gasteiger partial charge < -0.3 is 20.9 Å². The molecule has 31 heavy (non-hydrogen) atoms. The number of thiophene rings is 1. The fourth-order valence-electron chi connectivity index (χ4n) is 3.25. The normalized spacial score (nSPS) is 12.0. The number of carbonyl (C=O) groups excluding carboxylic acids is 1. The van der Waals surface area contributed by atoms with Crippen molar-refractivity contribution < 1.29 is 20.0 Å². The smallest absolute Gasteiger partial charge is 0.255 e. The summed E-state index contributed by atoms with van der Waals surface area (Å²) < 4.78 is 5.55. The second-order valence-electron chi connectivity index (χ2n) is 6.99. The lowest BCUT2D eigenvalue weighted by molar-refractivity contribution is -0.110. The SMILES string of the molecule is COc1c(C(=O)N[C@H](CO)c2ccccc2)ccc(N)c1C(=[NH2+])/C=C/c1sccc1C. The van der Waals surface area contributed by atoms with Gasteiger partial charge in [-0.15, -0.1) is 11.3 Å². The Morgan fingerprint density at radius 2 is 2.00 bits per heavy atom. The first-order valence-electron chi connectivity index (χ1n) is 9.74. The van der Waals surface area contributed by atoms with Crippen LogP contribution in [0.2, 0.25) is 0 Å². The highest BCUT2D eigenvalue weighted by molar-refractivity contribution is 7.11. The van der Waals surface area contributed by atoms with Crippen LogP contribution in [0.1, 0.15) is 38.0 Å². The van der Waals surface area contributed by atoms with Crippen LogP contribution >= 0.6 is 11.3 Å². The fraction of sp³-hybridized carbons (Fsp3) is 0.167. The second-order valence-corrected chi connectivity index (χ2v) is 7.93. The largest absolute Gasteiger partial charge is 0.495 e. The van der Waals surface area contributed by atoms with Gasteiger partial charge in [-0.1, -0.05) is 30.3 Å². The minimum absolute atomic E-state index is 0.239. The predicted molar refractivity (Wildman–Crippen MR) is 125 cm³/mol. The van der Waals surface area contributed by atoms with Gasteiger partial charge in [-0.05, 0) is 47.7 Å². The van der Waals surface area contributed by atoms with Gasteiger partial charge in [0.2, 0.25) is 5.71 Å². The number of nitrogens with one attached hydrogen (secondary N) is 1. The summed E-state index contributed by atoms with van der Waals surface area (Å²) in [6.07, 6.45) is 3.67. The number of nitrogens with two attached hydrogens (primary N) is 2. The average molecular weight is 437 g/mol. The molecule has 2 aromatic carbocycles. The number of anilines is 1. The molecule has 160 valence electrons. The summed E-state index contributed by atoms with van der Waals surface area (Å²) in [5.74, 6) is -0.112. The van der Waals surface area contributed by atoms with Crippen LogP contribution in [0, 0.1) is 6.92 Å². The number of ether oxygens (including phenoxy) is 1. The molecule has 0 radical (unpaired) electrons. The van der Waals surface area contributed by atoms with E-state index in [4.69, 9.17) is 15.9 Å². The number of hydrogen-bond acceptors (Lipinski definition) is 5.